The number of aliphatic hydroxyl groups excluding tert-OH is 1. The van der Waals surface area contributed by atoms with E-state index in [9.17, 15) is 4.79 Å². The van der Waals surface area contributed by atoms with Crippen LogP contribution in [-0.2, 0) is 4.79 Å². The number of nitrogens with one attached hydrogen (secondary N) is 1. The van der Waals surface area contributed by atoms with Gasteiger partial charge in [0.1, 0.15) is 0 Å². The summed E-state index contributed by atoms with van der Waals surface area (Å²) in [5.41, 5.74) is 0.757. The summed E-state index contributed by atoms with van der Waals surface area (Å²) in [5, 5.41) is 11.4. The molecule has 0 fully saturated rings. The summed E-state index contributed by atoms with van der Waals surface area (Å²) in [6.45, 7) is 1.55. The van der Waals surface area contributed by atoms with Crippen LogP contribution in [-0.4, -0.2) is 17.6 Å². The molecule has 70 valence electrons. The first kappa shape index (κ1) is 9.74. The van der Waals surface area contributed by atoms with Crippen molar-refractivity contribution in [2.75, 3.05) is 11.9 Å². The molecule has 0 aliphatic carbocycles. The molecule has 3 nitrogen and oxygen atoms in total. The largest absolute Gasteiger partial charge is 0.396 e. The maximum Gasteiger partial charge on any atom is 0.229 e. The Balaban J connectivity index is 2.55. The molecule has 0 saturated carbocycles. The summed E-state index contributed by atoms with van der Waals surface area (Å²) in [5.74, 6) is -0.520. The number of para-hydroxylation sites is 1. The van der Waals surface area contributed by atoms with Crippen molar-refractivity contribution in [3.63, 3.8) is 0 Å². The number of benzene rings is 1. The van der Waals surface area contributed by atoms with Crippen LogP contribution in [0.4, 0.5) is 5.69 Å². The van der Waals surface area contributed by atoms with E-state index in [-0.39, 0.29) is 18.4 Å². The van der Waals surface area contributed by atoms with Crippen LogP contribution >= 0.6 is 0 Å². The fourth-order valence-electron chi connectivity index (χ4n) is 0.870. The molecule has 0 bridgehead atoms. The summed E-state index contributed by atoms with van der Waals surface area (Å²) in [6, 6.07) is 9.19. The SMILES string of the molecule is CC(CO)C(=O)Nc1ccccc1. The van der Waals surface area contributed by atoms with Crippen molar-refractivity contribution < 1.29 is 9.90 Å². The van der Waals surface area contributed by atoms with Crippen LogP contribution in [0.5, 0.6) is 0 Å². The van der Waals surface area contributed by atoms with E-state index in [0.717, 1.165) is 5.69 Å². The number of amides is 1. The van der Waals surface area contributed by atoms with Crippen molar-refractivity contribution >= 4 is 11.6 Å². The third kappa shape index (κ3) is 2.87. The molecule has 1 rings (SSSR count). The molecule has 1 atom stereocenters. The van der Waals surface area contributed by atoms with E-state index in [1.807, 2.05) is 30.3 Å². The van der Waals surface area contributed by atoms with Crippen LogP contribution < -0.4 is 5.32 Å². The molecule has 1 unspecified atom stereocenters. The first-order valence-corrected chi connectivity index (χ1v) is 4.21. The third-order valence-electron chi connectivity index (χ3n) is 1.76. The standard InChI is InChI=1S/C10H13NO2/c1-8(7-12)10(13)11-9-5-3-2-4-6-9/h2-6,8,12H,7H2,1H3,(H,11,13). The van der Waals surface area contributed by atoms with E-state index in [1.54, 1.807) is 6.92 Å². The molecular weight excluding hydrogens is 166 g/mol. The number of carbonyl (C=O) groups is 1. The van der Waals surface area contributed by atoms with Gasteiger partial charge >= 0.3 is 0 Å². The van der Waals surface area contributed by atoms with Crippen molar-refractivity contribution in [2.24, 2.45) is 5.92 Å². The normalized spacial score (nSPS) is 12.2. The highest BCUT2D eigenvalue weighted by Crippen LogP contribution is 2.06. The highest BCUT2D eigenvalue weighted by Gasteiger charge is 2.10. The maximum atomic E-state index is 11.3. The Morgan fingerprint density at radius 1 is 1.46 bits per heavy atom. The van der Waals surface area contributed by atoms with Crippen LogP contribution in [0.15, 0.2) is 30.3 Å². The molecule has 0 saturated heterocycles. The van der Waals surface area contributed by atoms with Gasteiger partial charge in [-0.15, -0.1) is 0 Å². The van der Waals surface area contributed by atoms with Gasteiger partial charge in [0.15, 0.2) is 0 Å². The Kier molecular flexibility index (Phi) is 3.46. The first-order valence-electron chi connectivity index (χ1n) is 4.21. The smallest absolute Gasteiger partial charge is 0.229 e. The van der Waals surface area contributed by atoms with E-state index < -0.39 is 0 Å². The Hall–Kier alpha value is -1.35. The molecule has 0 spiro atoms. The highest BCUT2D eigenvalue weighted by atomic mass is 16.3. The van der Waals surface area contributed by atoms with Crippen molar-refractivity contribution in [1.82, 2.24) is 0 Å². The monoisotopic (exact) mass is 179 g/mol. The van der Waals surface area contributed by atoms with Crippen LogP contribution in [0, 0.1) is 5.92 Å². The third-order valence-corrected chi connectivity index (χ3v) is 1.76. The van der Waals surface area contributed by atoms with Gasteiger partial charge in [-0.1, -0.05) is 25.1 Å². The summed E-state index contributed by atoms with van der Waals surface area (Å²) in [4.78, 5) is 11.3. The maximum absolute atomic E-state index is 11.3. The molecule has 1 amide bonds. The predicted molar refractivity (Wildman–Crippen MR) is 51.3 cm³/mol. The van der Waals surface area contributed by atoms with Gasteiger partial charge in [-0.3, -0.25) is 4.79 Å². The first-order chi connectivity index (χ1) is 6.24. The number of rotatable bonds is 3. The van der Waals surface area contributed by atoms with Gasteiger partial charge in [-0.2, -0.15) is 0 Å². The minimum atomic E-state index is -0.361. The van der Waals surface area contributed by atoms with E-state index in [0.29, 0.717) is 0 Å². The lowest BCUT2D eigenvalue weighted by atomic mass is 10.2. The van der Waals surface area contributed by atoms with E-state index in [2.05, 4.69) is 5.32 Å². The molecule has 0 heterocycles. The van der Waals surface area contributed by atoms with Crippen LogP contribution in [0.1, 0.15) is 6.92 Å². The molecule has 1 aromatic rings. The molecule has 0 aromatic heterocycles. The Bertz CT molecular complexity index is 272. The minimum Gasteiger partial charge on any atom is -0.396 e. The zero-order chi connectivity index (χ0) is 9.68. The second-order valence-corrected chi connectivity index (χ2v) is 2.94. The number of aliphatic hydroxyl groups is 1. The topological polar surface area (TPSA) is 49.3 Å². The molecule has 3 heteroatoms. The number of hydrogen-bond acceptors (Lipinski definition) is 2. The van der Waals surface area contributed by atoms with Gasteiger partial charge < -0.3 is 10.4 Å². The summed E-state index contributed by atoms with van der Waals surface area (Å²) in [7, 11) is 0. The average Bonchev–Trinajstić information content (AvgIpc) is 2.18. The lowest BCUT2D eigenvalue weighted by Gasteiger charge is -2.08. The molecule has 1 aromatic carbocycles. The quantitative estimate of drug-likeness (QED) is 0.733. The Morgan fingerprint density at radius 3 is 2.62 bits per heavy atom. The summed E-state index contributed by atoms with van der Waals surface area (Å²) in [6.07, 6.45) is 0. The minimum absolute atomic E-state index is 0.126. The number of carbonyl (C=O) groups excluding carboxylic acids is 1. The molecule has 2 N–H and O–H groups in total. The lowest BCUT2D eigenvalue weighted by molar-refractivity contribution is -0.120. The Labute approximate surface area is 77.4 Å². The van der Waals surface area contributed by atoms with Gasteiger partial charge in [-0.05, 0) is 12.1 Å². The van der Waals surface area contributed by atoms with E-state index in [1.165, 1.54) is 0 Å². The van der Waals surface area contributed by atoms with E-state index >= 15 is 0 Å². The van der Waals surface area contributed by atoms with Crippen molar-refractivity contribution in [2.45, 2.75) is 6.92 Å². The number of hydrogen-bond donors (Lipinski definition) is 2. The van der Waals surface area contributed by atoms with Crippen LogP contribution in [0.2, 0.25) is 0 Å². The van der Waals surface area contributed by atoms with Gasteiger partial charge in [0.2, 0.25) is 5.91 Å². The second kappa shape index (κ2) is 4.62. The molecule has 0 radical (unpaired) electrons. The van der Waals surface area contributed by atoms with E-state index in [4.69, 9.17) is 5.11 Å². The predicted octanol–water partition coefficient (Wildman–Crippen LogP) is 1.25. The molecule has 0 aliphatic heterocycles. The lowest BCUT2D eigenvalue weighted by Crippen LogP contribution is -2.22. The average molecular weight is 179 g/mol. The van der Waals surface area contributed by atoms with Gasteiger partial charge in [0, 0.05) is 5.69 Å². The van der Waals surface area contributed by atoms with Crippen molar-refractivity contribution in [1.29, 1.82) is 0 Å². The van der Waals surface area contributed by atoms with Crippen molar-refractivity contribution in [3.8, 4) is 0 Å². The van der Waals surface area contributed by atoms with Gasteiger partial charge in [0.25, 0.3) is 0 Å². The fourth-order valence-corrected chi connectivity index (χ4v) is 0.870. The van der Waals surface area contributed by atoms with Crippen LogP contribution in [0.3, 0.4) is 0 Å². The summed E-state index contributed by atoms with van der Waals surface area (Å²) >= 11 is 0. The van der Waals surface area contributed by atoms with Gasteiger partial charge in [0.05, 0.1) is 12.5 Å². The second-order valence-electron chi connectivity index (χ2n) is 2.94. The molecular formula is C10H13NO2. The summed E-state index contributed by atoms with van der Waals surface area (Å²) < 4.78 is 0. The highest BCUT2D eigenvalue weighted by molar-refractivity contribution is 5.92. The van der Waals surface area contributed by atoms with Gasteiger partial charge in [-0.25, -0.2) is 0 Å². The fraction of sp³-hybridized carbons (Fsp3) is 0.300. The molecule has 0 aliphatic rings. The molecule has 13 heavy (non-hydrogen) atoms. The van der Waals surface area contributed by atoms with Crippen molar-refractivity contribution in [3.05, 3.63) is 30.3 Å². The zero-order valence-corrected chi connectivity index (χ0v) is 7.53. The number of anilines is 1. The Morgan fingerprint density at radius 2 is 2.08 bits per heavy atom. The van der Waals surface area contributed by atoms with Crippen LogP contribution in [0.25, 0.3) is 0 Å². The zero-order valence-electron chi connectivity index (χ0n) is 7.53.